The number of allylic oxidation sites excluding steroid dienone is 4. The molecule has 0 saturated carbocycles. The lowest BCUT2D eigenvalue weighted by atomic mass is 10.1. The van der Waals surface area contributed by atoms with Crippen molar-refractivity contribution in [1.82, 2.24) is 19.5 Å². The minimum atomic E-state index is 0.0537. The van der Waals surface area contributed by atoms with Gasteiger partial charge in [-0.1, -0.05) is 32.4 Å². The summed E-state index contributed by atoms with van der Waals surface area (Å²) in [7, 11) is 0. The van der Waals surface area contributed by atoms with Crippen LogP contribution in [0.5, 0.6) is 0 Å². The van der Waals surface area contributed by atoms with E-state index in [0.717, 1.165) is 41.1 Å². The third-order valence-electron chi connectivity index (χ3n) is 4.49. The van der Waals surface area contributed by atoms with Crippen LogP contribution in [-0.4, -0.2) is 20.7 Å². The zero-order valence-corrected chi connectivity index (χ0v) is 17.1. The molecule has 3 rings (SSSR count). The molecular weight excluding hydrogens is 336 g/mol. The van der Waals surface area contributed by atoms with Crippen LogP contribution in [0, 0.1) is 12.3 Å². The van der Waals surface area contributed by atoms with Crippen molar-refractivity contribution in [2.24, 2.45) is 0 Å². The number of nitrogens with one attached hydrogen (secondary N) is 1. The van der Waals surface area contributed by atoms with Gasteiger partial charge in [-0.2, -0.15) is 5.10 Å². The van der Waals surface area contributed by atoms with E-state index in [2.05, 4.69) is 23.3 Å². The minimum absolute atomic E-state index is 0.0537. The van der Waals surface area contributed by atoms with E-state index < -0.39 is 0 Å². The molecule has 0 unspecified atom stereocenters. The number of rotatable bonds is 4. The van der Waals surface area contributed by atoms with Crippen LogP contribution in [0.2, 0.25) is 0 Å². The van der Waals surface area contributed by atoms with E-state index in [4.69, 9.17) is 6.42 Å². The van der Waals surface area contributed by atoms with Crippen molar-refractivity contribution in [1.29, 1.82) is 0 Å². The van der Waals surface area contributed by atoms with Gasteiger partial charge in [-0.15, -0.1) is 12.3 Å². The van der Waals surface area contributed by atoms with Crippen molar-refractivity contribution in [3.8, 4) is 12.3 Å². The summed E-state index contributed by atoms with van der Waals surface area (Å²) in [6.07, 6.45) is 13.3. The van der Waals surface area contributed by atoms with E-state index >= 15 is 0 Å². The average molecular weight is 367 g/mol. The summed E-state index contributed by atoms with van der Waals surface area (Å²) in [5, 5.41) is 7.87. The Morgan fingerprint density at radius 1 is 1.37 bits per heavy atom. The monoisotopic (exact) mass is 366 g/mol. The van der Waals surface area contributed by atoms with Gasteiger partial charge in [-0.25, -0.2) is 4.52 Å². The summed E-state index contributed by atoms with van der Waals surface area (Å²) in [5.74, 6) is 2.68. The first-order valence-corrected chi connectivity index (χ1v) is 9.70. The Kier molecular flexibility index (Phi) is 7.20. The van der Waals surface area contributed by atoms with Gasteiger partial charge < -0.3 is 5.32 Å². The van der Waals surface area contributed by atoms with E-state index in [1.165, 1.54) is 5.57 Å². The second-order valence-electron chi connectivity index (χ2n) is 6.53. The summed E-state index contributed by atoms with van der Waals surface area (Å²) < 4.78 is 3.70. The maximum absolute atomic E-state index is 13.3. The molecule has 3 heterocycles. The van der Waals surface area contributed by atoms with Crippen molar-refractivity contribution < 1.29 is 0 Å². The largest absolute Gasteiger partial charge is 0.311 e. The maximum atomic E-state index is 13.3. The molecule has 2 aromatic rings. The summed E-state index contributed by atoms with van der Waals surface area (Å²) in [6.45, 7) is 11.6. The molecule has 2 aromatic heterocycles. The lowest BCUT2D eigenvalue weighted by molar-refractivity contribution is 0.595. The molecule has 0 aliphatic carbocycles. The molecule has 0 atom stereocenters. The molecule has 1 aliphatic heterocycles. The Balaban J connectivity index is 0.00000126. The van der Waals surface area contributed by atoms with E-state index in [1.54, 1.807) is 6.20 Å². The third-order valence-corrected chi connectivity index (χ3v) is 4.49. The molecule has 0 bridgehead atoms. The first-order chi connectivity index (χ1) is 13.1. The van der Waals surface area contributed by atoms with E-state index in [0.29, 0.717) is 19.4 Å². The van der Waals surface area contributed by atoms with Gasteiger partial charge in [0.1, 0.15) is 5.65 Å². The lowest BCUT2D eigenvalue weighted by Crippen LogP contribution is -2.36. The Bertz CT molecular complexity index is 963. The van der Waals surface area contributed by atoms with Crippen LogP contribution < -0.4 is 10.9 Å². The summed E-state index contributed by atoms with van der Waals surface area (Å²) >= 11 is 0. The predicted molar refractivity (Wildman–Crippen MR) is 113 cm³/mol. The van der Waals surface area contributed by atoms with Gasteiger partial charge in [0.05, 0.1) is 11.9 Å². The minimum Gasteiger partial charge on any atom is -0.311 e. The molecule has 0 radical (unpaired) electrons. The molecule has 144 valence electrons. The van der Waals surface area contributed by atoms with Crippen molar-refractivity contribution >= 4 is 11.3 Å². The SMILES string of the molecule is C#CCc1cnn2c3c(c(=O)n(/C(=C/C=C(C)C)CC)c12)CCNC3.CC. The lowest BCUT2D eigenvalue weighted by Gasteiger charge is -2.21. The molecule has 27 heavy (non-hydrogen) atoms. The standard InChI is InChI=1S/C20H24N4O.C2H6/c1-5-7-15-12-22-24-18-13-21-11-10-17(18)20(25)23(19(15)24)16(6-2)9-8-14(3)4;1-2/h1,8-9,12,21H,6-7,10-11,13H2,2-4H3;1-2H3/b16-9+;. The van der Waals surface area contributed by atoms with Crippen LogP contribution in [0.4, 0.5) is 0 Å². The Labute approximate surface area is 161 Å². The molecule has 0 aromatic carbocycles. The van der Waals surface area contributed by atoms with Crippen LogP contribution in [0.25, 0.3) is 11.3 Å². The smallest absolute Gasteiger partial charge is 0.261 e. The summed E-state index contributed by atoms with van der Waals surface area (Å²) in [5.41, 5.74) is 5.69. The first kappa shape index (κ1) is 20.7. The molecule has 5 heteroatoms. The normalized spacial score (nSPS) is 13.4. The highest BCUT2D eigenvalue weighted by molar-refractivity contribution is 5.62. The molecule has 0 saturated heterocycles. The summed E-state index contributed by atoms with van der Waals surface area (Å²) in [6, 6.07) is 0. The van der Waals surface area contributed by atoms with Crippen molar-refractivity contribution in [2.45, 2.75) is 60.4 Å². The van der Waals surface area contributed by atoms with Crippen molar-refractivity contribution in [2.75, 3.05) is 6.54 Å². The number of hydrogen-bond acceptors (Lipinski definition) is 3. The maximum Gasteiger partial charge on any atom is 0.261 e. The zero-order chi connectivity index (χ0) is 20.0. The van der Waals surface area contributed by atoms with Gasteiger partial charge in [-0.3, -0.25) is 9.36 Å². The average Bonchev–Trinajstić information content (AvgIpc) is 3.10. The molecule has 1 N–H and O–H groups in total. The second-order valence-corrected chi connectivity index (χ2v) is 6.53. The van der Waals surface area contributed by atoms with Gasteiger partial charge >= 0.3 is 0 Å². The van der Waals surface area contributed by atoms with Crippen molar-refractivity contribution in [3.05, 3.63) is 51.1 Å². The Morgan fingerprint density at radius 3 is 2.74 bits per heavy atom. The molecule has 0 fully saturated rings. The number of aromatic nitrogens is 3. The van der Waals surface area contributed by atoms with Crippen LogP contribution in [0.3, 0.4) is 0 Å². The predicted octanol–water partition coefficient (Wildman–Crippen LogP) is 3.56. The fraction of sp³-hybridized carbons (Fsp3) is 0.455. The second kappa shape index (κ2) is 9.38. The first-order valence-electron chi connectivity index (χ1n) is 9.70. The molecule has 0 spiro atoms. The highest BCUT2D eigenvalue weighted by Crippen LogP contribution is 2.21. The Hall–Kier alpha value is -2.58. The fourth-order valence-corrected chi connectivity index (χ4v) is 3.26. The highest BCUT2D eigenvalue weighted by atomic mass is 16.1. The molecular formula is C22H30N4O. The van der Waals surface area contributed by atoms with Crippen LogP contribution in [0.15, 0.2) is 28.7 Å². The van der Waals surface area contributed by atoms with Gasteiger partial charge in [0.2, 0.25) is 0 Å². The van der Waals surface area contributed by atoms with Gasteiger partial charge in [-0.05, 0) is 39.3 Å². The van der Waals surface area contributed by atoms with E-state index in [1.807, 2.05) is 48.9 Å². The van der Waals surface area contributed by atoms with Crippen LogP contribution >= 0.6 is 0 Å². The molecule has 0 amide bonds. The fourth-order valence-electron chi connectivity index (χ4n) is 3.26. The topological polar surface area (TPSA) is 51.3 Å². The summed E-state index contributed by atoms with van der Waals surface area (Å²) in [4.78, 5) is 13.3. The van der Waals surface area contributed by atoms with Gasteiger partial charge in [0.15, 0.2) is 0 Å². The van der Waals surface area contributed by atoms with Gasteiger partial charge in [0, 0.05) is 29.8 Å². The quantitative estimate of drug-likeness (QED) is 0.665. The zero-order valence-electron chi connectivity index (χ0n) is 17.1. The van der Waals surface area contributed by atoms with E-state index in [-0.39, 0.29) is 5.56 Å². The highest BCUT2D eigenvalue weighted by Gasteiger charge is 2.23. The molecule has 1 aliphatic rings. The number of fused-ring (bicyclic) bond motifs is 3. The number of hydrogen-bond donors (Lipinski definition) is 1. The van der Waals surface area contributed by atoms with Crippen molar-refractivity contribution in [3.63, 3.8) is 0 Å². The number of nitrogens with zero attached hydrogens (tertiary/aromatic N) is 3. The number of terminal acetylenes is 1. The van der Waals surface area contributed by atoms with Crippen LogP contribution in [0.1, 0.15) is 57.9 Å². The van der Waals surface area contributed by atoms with Gasteiger partial charge in [0.25, 0.3) is 5.56 Å². The molecule has 5 nitrogen and oxygen atoms in total. The van der Waals surface area contributed by atoms with E-state index in [9.17, 15) is 4.79 Å². The van der Waals surface area contributed by atoms with Crippen LogP contribution in [-0.2, 0) is 19.4 Å². The Morgan fingerprint density at radius 2 is 2.11 bits per heavy atom. The third kappa shape index (κ3) is 4.06.